The van der Waals surface area contributed by atoms with Gasteiger partial charge in [0.05, 0.1) is 10.6 Å². The van der Waals surface area contributed by atoms with Crippen LogP contribution < -0.4 is 5.32 Å². The number of carbonyl (C=O) groups is 2. The zero-order valence-corrected chi connectivity index (χ0v) is 19.0. The van der Waals surface area contributed by atoms with Crippen molar-refractivity contribution in [2.75, 3.05) is 18.4 Å². The molecule has 0 aliphatic carbocycles. The Hall–Kier alpha value is -3.85. The first-order chi connectivity index (χ1) is 16.0. The van der Waals surface area contributed by atoms with E-state index in [0.29, 0.717) is 35.9 Å². The molecule has 7 nitrogen and oxygen atoms in total. The number of benzene rings is 2. The van der Waals surface area contributed by atoms with E-state index in [9.17, 15) is 14.0 Å². The minimum absolute atomic E-state index is 0.0500. The first kappa shape index (κ1) is 22.3. The number of nitrogens with zero attached hydrogens (tertiary/aromatic N) is 4. The van der Waals surface area contributed by atoms with Crippen LogP contribution in [0.25, 0.3) is 16.4 Å². The van der Waals surface area contributed by atoms with Crippen LogP contribution in [0, 0.1) is 5.82 Å². The largest absolute Gasteiger partial charge is 0.339 e. The molecular weight excluding hydrogens is 441 g/mol. The number of aromatic nitrogens is 3. The molecule has 2 aromatic heterocycles. The van der Waals surface area contributed by atoms with Gasteiger partial charge in [-0.3, -0.25) is 9.59 Å². The Kier molecular flexibility index (Phi) is 6.60. The van der Waals surface area contributed by atoms with Crippen LogP contribution in [-0.4, -0.2) is 44.6 Å². The summed E-state index contributed by atoms with van der Waals surface area (Å²) in [4.78, 5) is 32.3. The summed E-state index contributed by atoms with van der Waals surface area (Å²) in [6.07, 6.45) is 0. The number of thiophene rings is 1. The molecule has 2 aromatic carbocycles. The number of hydrogen-bond acceptors (Lipinski definition) is 5. The topological polar surface area (TPSA) is 80.1 Å². The molecular formula is C24H22FN5O2S. The summed E-state index contributed by atoms with van der Waals surface area (Å²) in [6, 6.07) is 16.3. The average molecular weight is 464 g/mol. The van der Waals surface area contributed by atoms with Gasteiger partial charge in [0.15, 0.2) is 5.82 Å². The van der Waals surface area contributed by atoms with Gasteiger partial charge in [-0.1, -0.05) is 12.1 Å². The van der Waals surface area contributed by atoms with Crippen LogP contribution in [0.1, 0.15) is 34.8 Å². The number of amides is 2. The van der Waals surface area contributed by atoms with Gasteiger partial charge in [-0.15, -0.1) is 16.4 Å². The maximum absolute atomic E-state index is 13.8. The van der Waals surface area contributed by atoms with Gasteiger partial charge < -0.3 is 10.2 Å². The number of halogens is 1. The fourth-order valence-electron chi connectivity index (χ4n) is 3.34. The van der Waals surface area contributed by atoms with E-state index in [4.69, 9.17) is 0 Å². The van der Waals surface area contributed by atoms with Crippen LogP contribution >= 0.6 is 11.3 Å². The summed E-state index contributed by atoms with van der Waals surface area (Å²) in [5, 5.41) is 8.98. The van der Waals surface area contributed by atoms with E-state index in [0.717, 1.165) is 4.88 Å². The molecule has 0 aliphatic heterocycles. The Bertz CT molecular complexity index is 1260. The van der Waals surface area contributed by atoms with E-state index in [1.54, 1.807) is 41.3 Å². The van der Waals surface area contributed by atoms with Crippen molar-refractivity contribution in [3.05, 3.63) is 83.2 Å². The lowest BCUT2D eigenvalue weighted by Gasteiger charge is -2.18. The van der Waals surface area contributed by atoms with Gasteiger partial charge >= 0.3 is 0 Å². The highest BCUT2D eigenvalue weighted by molar-refractivity contribution is 7.13. The van der Waals surface area contributed by atoms with Gasteiger partial charge in [0.1, 0.15) is 5.82 Å². The molecule has 33 heavy (non-hydrogen) atoms. The Morgan fingerprint density at radius 1 is 1.06 bits per heavy atom. The molecule has 1 N–H and O–H groups in total. The van der Waals surface area contributed by atoms with Gasteiger partial charge in [0.25, 0.3) is 11.8 Å². The van der Waals surface area contributed by atoms with E-state index >= 15 is 0 Å². The molecule has 0 saturated heterocycles. The Morgan fingerprint density at radius 3 is 2.45 bits per heavy atom. The van der Waals surface area contributed by atoms with E-state index in [2.05, 4.69) is 15.4 Å². The molecule has 0 fully saturated rings. The highest BCUT2D eigenvalue weighted by Gasteiger charge is 2.20. The monoisotopic (exact) mass is 463 g/mol. The van der Waals surface area contributed by atoms with Crippen molar-refractivity contribution in [2.45, 2.75) is 13.8 Å². The quantitative estimate of drug-likeness (QED) is 0.424. The zero-order chi connectivity index (χ0) is 23.4. The molecule has 168 valence electrons. The molecule has 0 atom stereocenters. The van der Waals surface area contributed by atoms with Crippen molar-refractivity contribution in [1.82, 2.24) is 19.7 Å². The number of nitrogens with one attached hydrogen (secondary N) is 1. The lowest BCUT2D eigenvalue weighted by Crippen LogP contribution is -2.30. The predicted octanol–water partition coefficient (Wildman–Crippen LogP) is 4.87. The first-order valence-corrected chi connectivity index (χ1v) is 11.4. The Labute approximate surface area is 194 Å². The number of rotatable bonds is 7. The summed E-state index contributed by atoms with van der Waals surface area (Å²) in [5.74, 6) is -0.586. The van der Waals surface area contributed by atoms with E-state index in [1.807, 2.05) is 31.4 Å². The van der Waals surface area contributed by atoms with Crippen LogP contribution in [0.4, 0.5) is 10.1 Å². The predicted molar refractivity (Wildman–Crippen MR) is 126 cm³/mol. The van der Waals surface area contributed by atoms with Crippen molar-refractivity contribution in [3.8, 4) is 16.4 Å². The molecule has 0 unspecified atom stereocenters. The summed E-state index contributed by atoms with van der Waals surface area (Å²) < 4.78 is 15.3. The second-order valence-corrected chi connectivity index (χ2v) is 8.08. The third-order valence-corrected chi connectivity index (χ3v) is 5.91. The lowest BCUT2D eigenvalue weighted by atomic mass is 10.1. The molecule has 0 saturated carbocycles. The zero-order valence-electron chi connectivity index (χ0n) is 18.2. The van der Waals surface area contributed by atoms with Crippen LogP contribution in [0.3, 0.4) is 0 Å². The first-order valence-electron chi connectivity index (χ1n) is 10.5. The van der Waals surface area contributed by atoms with Gasteiger partial charge in [0, 0.05) is 24.3 Å². The molecule has 2 heterocycles. The normalized spacial score (nSPS) is 10.8. The summed E-state index contributed by atoms with van der Waals surface area (Å²) in [7, 11) is 0. The summed E-state index contributed by atoms with van der Waals surface area (Å²) in [6.45, 7) is 5.10. The van der Waals surface area contributed by atoms with Crippen molar-refractivity contribution in [2.24, 2.45) is 0 Å². The van der Waals surface area contributed by atoms with Crippen molar-refractivity contribution in [1.29, 1.82) is 0 Å². The Balaban J connectivity index is 1.59. The Morgan fingerprint density at radius 2 is 1.82 bits per heavy atom. The minimum Gasteiger partial charge on any atom is -0.339 e. The van der Waals surface area contributed by atoms with Gasteiger partial charge in [-0.25, -0.2) is 14.1 Å². The number of carbonyl (C=O) groups excluding carboxylic acids is 2. The highest BCUT2D eigenvalue weighted by atomic mass is 32.1. The van der Waals surface area contributed by atoms with Gasteiger partial charge in [-0.2, -0.15) is 0 Å². The van der Waals surface area contributed by atoms with Crippen LogP contribution in [0.2, 0.25) is 0 Å². The van der Waals surface area contributed by atoms with Crippen molar-refractivity contribution in [3.63, 3.8) is 0 Å². The second-order valence-electron chi connectivity index (χ2n) is 7.14. The maximum atomic E-state index is 13.8. The van der Waals surface area contributed by atoms with Crippen LogP contribution in [0.5, 0.6) is 0 Å². The van der Waals surface area contributed by atoms with E-state index in [1.165, 1.54) is 28.2 Å². The van der Waals surface area contributed by atoms with Crippen molar-refractivity contribution < 1.29 is 14.0 Å². The third kappa shape index (κ3) is 4.83. The molecule has 0 radical (unpaired) electrons. The van der Waals surface area contributed by atoms with E-state index in [-0.39, 0.29) is 11.7 Å². The fourth-order valence-corrected chi connectivity index (χ4v) is 4.04. The lowest BCUT2D eigenvalue weighted by molar-refractivity contribution is 0.0773. The van der Waals surface area contributed by atoms with Crippen molar-refractivity contribution >= 4 is 28.8 Å². The molecule has 0 spiro atoms. The highest BCUT2D eigenvalue weighted by Crippen LogP contribution is 2.26. The second kappa shape index (κ2) is 9.74. The van der Waals surface area contributed by atoms with Crippen LogP contribution in [0.15, 0.2) is 66.0 Å². The van der Waals surface area contributed by atoms with Gasteiger partial charge in [-0.05, 0) is 67.8 Å². The van der Waals surface area contributed by atoms with E-state index < -0.39 is 11.7 Å². The smallest absolute Gasteiger partial charge is 0.295 e. The standard InChI is InChI=1S/C24H22FN5O2S/c1-3-29(4-2)24(32)16-10-12-18(13-11-16)26-23(31)21-27-22(20-9-6-14-33-20)30(28-21)19-8-5-7-17(25)15-19/h5-15H,3-4H2,1-2H3,(H,26,31). The minimum atomic E-state index is -0.509. The summed E-state index contributed by atoms with van der Waals surface area (Å²) in [5.41, 5.74) is 1.52. The molecule has 4 rings (SSSR count). The third-order valence-electron chi connectivity index (χ3n) is 5.04. The molecule has 0 aliphatic rings. The maximum Gasteiger partial charge on any atom is 0.295 e. The SMILES string of the molecule is CCN(CC)C(=O)c1ccc(NC(=O)c2nc(-c3cccs3)n(-c3cccc(F)c3)n2)cc1. The molecule has 0 bridgehead atoms. The fraction of sp³-hybridized carbons (Fsp3) is 0.167. The summed E-state index contributed by atoms with van der Waals surface area (Å²) >= 11 is 1.44. The molecule has 2 amide bonds. The number of hydrogen-bond donors (Lipinski definition) is 1. The van der Waals surface area contributed by atoms with Crippen LogP contribution in [-0.2, 0) is 0 Å². The molecule has 4 aromatic rings. The average Bonchev–Trinajstić information content (AvgIpc) is 3.50. The molecule has 9 heteroatoms. The number of anilines is 1. The van der Waals surface area contributed by atoms with Gasteiger partial charge in [0.2, 0.25) is 5.82 Å².